The van der Waals surface area contributed by atoms with E-state index in [9.17, 15) is 8.42 Å². The Kier molecular flexibility index (Phi) is 5.27. The maximum atomic E-state index is 12.3. The molecule has 0 aliphatic carbocycles. The van der Waals surface area contributed by atoms with E-state index in [4.69, 9.17) is 5.11 Å². The number of nitrogens with zero attached hydrogens (tertiary/aromatic N) is 1. The lowest BCUT2D eigenvalue weighted by Crippen LogP contribution is -2.36. The van der Waals surface area contributed by atoms with Gasteiger partial charge in [0.2, 0.25) is 10.0 Å². The van der Waals surface area contributed by atoms with Gasteiger partial charge in [-0.25, -0.2) is 13.1 Å². The van der Waals surface area contributed by atoms with E-state index >= 15 is 0 Å². The highest BCUT2D eigenvalue weighted by atomic mass is 32.2. The summed E-state index contributed by atoms with van der Waals surface area (Å²) in [6.07, 6.45) is 4.91. The van der Waals surface area contributed by atoms with Crippen LogP contribution >= 0.6 is 11.8 Å². The number of sulfonamides is 1. The second-order valence-corrected chi connectivity index (χ2v) is 8.55. The largest absolute Gasteiger partial charge is 0.384 e. The summed E-state index contributed by atoms with van der Waals surface area (Å²) in [6, 6.07) is 1.46. The summed E-state index contributed by atoms with van der Waals surface area (Å²) < 4.78 is 27.2. The maximum absolute atomic E-state index is 12.3. The molecule has 0 radical (unpaired) electrons. The van der Waals surface area contributed by atoms with Crippen molar-refractivity contribution in [2.75, 3.05) is 18.9 Å². The van der Waals surface area contributed by atoms with Crippen LogP contribution in [0.4, 0.5) is 0 Å². The molecule has 0 spiro atoms. The number of aliphatic hydroxyl groups is 1. The number of aromatic nitrogens is 1. The standard InChI is InChI=1S/C14H18N2O3S2/c1-14(5-3-7-20-14)11-16-21(18,19)13-8-12(4-2-6-17)9-15-10-13/h8-10,16-17H,3,5-7,11H2,1H3. The molecule has 2 heterocycles. The van der Waals surface area contributed by atoms with Gasteiger partial charge in [0.05, 0.1) is 0 Å². The van der Waals surface area contributed by atoms with E-state index in [2.05, 4.69) is 28.5 Å². The van der Waals surface area contributed by atoms with Gasteiger partial charge in [0, 0.05) is 29.2 Å². The molecule has 1 aromatic rings. The van der Waals surface area contributed by atoms with Crippen molar-refractivity contribution < 1.29 is 13.5 Å². The highest BCUT2D eigenvalue weighted by molar-refractivity contribution is 8.01. The molecule has 2 N–H and O–H groups in total. The topological polar surface area (TPSA) is 79.3 Å². The number of pyridine rings is 1. The van der Waals surface area contributed by atoms with Gasteiger partial charge in [-0.1, -0.05) is 11.8 Å². The first-order valence-electron chi connectivity index (χ1n) is 6.64. The molecule has 0 saturated carbocycles. The Morgan fingerprint density at radius 3 is 3.00 bits per heavy atom. The van der Waals surface area contributed by atoms with Crippen LogP contribution < -0.4 is 4.72 Å². The summed E-state index contributed by atoms with van der Waals surface area (Å²) >= 11 is 1.80. The Labute approximate surface area is 129 Å². The lowest BCUT2D eigenvalue weighted by atomic mass is 10.1. The molecule has 2 rings (SSSR count). The van der Waals surface area contributed by atoms with Crippen molar-refractivity contribution in [2.45, 2.75) is 29.4 Å². The summed E-state index contributed by atoms with van der Waals surface area (Å²) in [5.74, 6) is 6.20. The lowest BCUT2D eigenvalue weighted by Gasteiger charge is -2.22. The van der Waals surface area contributed by atoms with Crippen LogP contribution in [0.25, 0.3) is 0 Å². The van der Waals surface area contributed by atoms with Crippen molar-refractivity contribution in [3.05, 3.63) is 24.0 Å². The van der Waals surface area contributed by atoms with Crippen molar-refractivity contribution in [3.63, 3.8) is 0 Å². The van der Waals surface area contributed by atoms with Crippen LogP contribution in [0.5, 0.6) is 0 Å². The van der Waals surface area contributed by atoms with E-state index in [1.165, 1.54) is 18.5 Å². The SMILES string of the molecule is CC1(CNS(=O)(=O)c2cncc(C#CCO)c2)CCCS1. The van der Waals surface area contributed by atoms with E-state index in [1.807, 2.05) is 0 Å². The zero-order chi connectivity index (χ0) is 15.3. The average Bonchev–Trinajstić information content (AvgIpc) is 2.91. The first-order chi connectivity index (χ1) is 9.95. The van der Waals surface area contributed by atoms with E-state index in [-0.39, 0.29) is 16.2 Å². The van der Waals surface area contributed by atoms with E-state index in [0.29, 0.717) is 12.1 Å². The maximum Gasteiger partial charge on any atom is 0.242 e. The molecule has 1 fully saturated rings. The van der Waals surface area contributed by atoms with Gasteiger partial charge in [-0.3, -0.25) is 4.98 Å². The molecule has 1 atom stereocenters. The van der Waals surface area contributed by atoms with Crippen molar-refractivity contribution >= 4 is 21.8 Å². The molecule has 0 amide bonds. The Bertz CT molecular complexity index is 656. The molecule has 1 unspecified atom stereocenters. The second kappa shape index (κ2) is 6.79. The molecular weight excluding hydrogens is 308 g/mol. The lowest BCUT2D eigenvalue weighted by molar-refractivity contribution is 0.350. The number of rotatable bonds is 4. The van der Waals surface area contributed by atoms with Crippen LogP contribution in [-0.4, -0.2) is 42.2 Å². The molecule has 114 valence electrons. The van der Waals surface area contributed by atoms with Gasteiger partial charge < -0.3 is 5.11 Å². The molecule has 5 nitrogen and oxygen atoms in total. The summed E-state index contributed by atoms with van der Waals surface area (Å²) in [7, 11) is -3.59. The molecule has 21 heavy (non-hydrogen) atoms. The predicted molar refractivity (Wildman–Crippen MR) is 83.5 cm³/mol. The Balaban J connectivity index is 2.12. The number of nitrogens with one attached hydrogen (secondary N) is 1. The molecule has 1 aliphatic rings. The van der Waals surface area contributed by atoms with Crippen molar-refractivity contribution in [1.29, 1.82) is 0 Å². The molecule has 1 aliphatic heterocycles. The second-order valence-electron chi connectivity index (χ2n) is 5.10. The minimum Gasteiger partial charge on any atom is -0.384 e. The van der Waals surface area contributed by atoms with Crippen molar-refractivity contribution in [2.24, 2.45) is 0 Å². The monoisotopic (exact) mass is 326 g/mol. The van der Waals surface area contributed by atoms with E-state index in [0.717, 1.165) is 18.6 Å². The first kappa shape index (κ1) is 16.3. The number of hydrogen-bond donors (Lipinski definition) is 2. The van der Waals surface area contributed by atoms with Crippen LogP contribution in [-0.2, 0) is 10.0 Å². The first-order valence-corrected chi connectivity index (χ1v) is 9.10. The molecule has 1 aromatic heterocycles. The summed E-state index contributed by atoms with van der Waals surface area (Å²) in [5, 5.41) is 8.66. The normalized spacial score (nSPS) is 21.8. The van der Waals surface area contributed by atoms with Crippen LogP contribution in [0, 0.1) is 11.8 Å². The van der Waals surface area contributed by atoms with Crippen LogP contribution in [0.15, 0.2) is 23.4 Å². The third kappa shape index (κ3) is 4.45. The smallest absolute Gasteiger partial charge is 0.242 e. The fourth-order valence-corrected chi connectivity index (χ4v) is 4.58. The van der Waals surface area contributed by atoms with Crippen molar-refractivity contribution in [1.82, 2.24) is 9.71 Å². The van der Waals surface area contributed by atoms with Crippen molar-refractivity contribution in [3.8, 4) is 11.8 Å². The van der Waals surface area contributed by atoms with Gasteiger partial charge in [0.25, 0.3) is 0 Å². The average molecular weight is 326 g/mol. The van der Waals surface area contributed by atoms with Crippen LogP contribution in [0.3, 0.4) is 0 Å². The Morgan fingerprint density at radius 1 is 1.52 bits per heavy atom. The summed E-state index contributed by atoms with van der Waals surface area (Å²) in [4.78, 5) is 3.99. The quantitative estimate of drug-likeness (QED) is 0.807. The van der Waals surface area contributed by atoms with Gasteiger partial charge >= 0.3 is 0 Å². The molecular formula is C14H18N2O3S2. The van der Waals surface area contributed by atoms with E-state index < -0.39 is 10.0 Å². The van der Waals surface area contributed by atoms with E-state index in [1.54, 1.807) is 11.8 Å². The molecule has 1 saturated heterocycles. The van der Waals surface area contributed by atoms with Crippen LogP contribution in [0.2, 0.25) is 0 Å². The zero-order valence-electron chi connectivity index (χ0n) is 11.8. The fourth-order valence-electron chi connectivity index (χ4n) is 2.08. The predicted octanol–water partition coefficient (Wildman–Crippen LogP) is 0.989. The summed E-state index contributed by atoms with van der Waals surface area (Å²) in [5.41, 5.74) is 0.466. The summed E-state index contributed by atoms with van der Waals surface area (Å²) in [6.45, 7) is 2.21. The Hall–Kier alpha value is -1.07. The van der Waals surface area contributed by atoms with Gasteiger partial charge in [-0.05, 0) is 31.6 Å². The molecule has 7 heteroatoms. The highest BCUT2D eigenvalue weighted by Gasteiger charge is 2.31. The van der Waals surface area contributed by atoms with Gasteiger partial charge in [0.1, 0.15) is 11.5 Å². The number of thioether (sulfide) groups is 1. The third-order valence-corrected chi connectivity index (χ3v) is 6.18. The van der Waals surface area contributed by atoms with Gasteiger partial charge in [0.15, 0.2) is 0 Å². The fraction of sp³-hybridized carbons (Fsp3) is 0.500. The Morgan fingerprint density at radius 2 is 2.33 bits per heavy atom. The molecule has 0 bridgehead atoms. The third-order valence-electron chi connectivity index (χ3n) is 3.27. The van der Waals surface area contributed by atoms with Gasteiger partial charge in [-0.15, -0.1) is 0 Å². The zero-order valence-corrected chi connectivity index (χ0v) is 13.4. The minimum atomic E-state index is -3.59. The number of aliphatic hydroxyl groups excluding tert-OH is 1. The highest BCUT2D eigenvalue weighted by Crippen LogP contribution is 2.37. The minimum absolute atomic E-state index is 0.0329. The van der Waals surface area contributed by atoms with Crippen LogP contribution in [0.1, 0.15) is 25.3 Å². The number of hydrogen-bond acceptors (Lipinski definition) is 5. The molecule has 0 aromatic carbocycles. The van der Waals surface area contributed by atoms with Gasteiger partial charge in [-0.2, -0.15) is 11.8 Å².